The van der Waals surface area contributed by atoms with Crippen LogP contribution in [0.1, 0.15) is 50.0 Å². The highest BCUT2D eigenvalue weighted by Gasteiger charge is 2.35. The lowest BCUT2D eigenvalue weighted by Crippen LogP contribution is -2.47. The molecule has 1 aliphatic heterocycles. The summed E-state index contributed by atoms with van der Waals surface area (Å²) in [4.78, 5) is 22.8. The number of carbonyl (C=O) groups is 1. The van der Waals surface area contributed by atoms with Gasteiger partial charge < -0.3 is 14.3 Å². The average Bonchev–Trinajstić information content (AvgIpc) is 3.56. The van der Waals surface area contributed by atoms with E-state index in [1.54, 1.807) is 0 Å². The molecule has 0 spiro atoms. The lowest BCUT2D eigenvalue weighted by atomic mass is 9.95. The standard InChI is InChI=1S/C27H32N4O2/c1-20-13-15-23(16-14-20)30-17-7-10-22(18-30)27(32)31(24-11-5-6-12-24)19-25-28-26(29-33-25)21-8-3-2-4-9-21/h2-4,8-9,13-16,22,24H,5-7,10-12,17-19H2,1H3. The van der Waals surface area contributed by atoms with E-state index in [4.69, 9.17) is 4.52 Å². The van der Waals surface area contributed by atoms with Gasteiger partial charge in [0.05, 0.1) is 5.92 Å². The maximum absolute atomic E-state index is 13.8. The summed E-state index contributed by atoms with van der Waals surface area (Å²) in [6.07, 6.45) is 6.42. The number of aromatic nitrogens is 2. The molecule has 1 saturated carbocycles. The third-order valence-electron chi connectivity index (χ3n) is 7.02. The predicted molar refractivity (Wildman–Crippen MR) is 129 cm³/mol. The smallest absolute Gasteiger partial charge is 0.246 e. The van der Waals surface area contributed by atoms with Gasteiger partial charge in [0.1, 0.15) is 6.54 Å². The fourth-order valence-electron chi connectivity index (χ4n) is 5.18. The first kappa shape index (κ1) is 21.7. The van der Waals surface area contributed by atoms with Gasteiger partial charge in [0, 0.05) is 30.4 Å². The molecule has 2 aliphatic rings. The lowest BCUT2D eigenvalue weighted by Gasteiger charge is -2.37. The molecule has 1 aromatic heterocycles. The molecular weight excluding hydrogens is 412 g/mol. The fraction of sp³-hybridized carbons (Fsp3) is 0.444. The van der Waals surface area contributed by atoms with Crippen LogP contribution in [0.2, 0.25) is 0 Å². The Morgan fingerprint density at radius 3 is 2.55 bits per heavy atom. The first-order chi connectivity index (χ1) is 16.2. The predicted octanol–water partition coefficient (Wildman–Crippen LogP) is 5.23. The van der Waals surface area contributed by atoms with Crippen LogP contribution in [0.25, 0.3) is 11.4 Å². The molecule has 0 radical (unpaired) electrons. The Labute approximate surface area is 195 Å². The van der Waals surface area contributed by atoms with E-state index in [1.165, 1.54) is 24.1 Å². The number of hydrogen-bond acceptors (Lipinski definition) is 5. The molecule has 33 heavy (non-hydrogen) atoms. The summed E-state index contributed by atoms with van der Waals surface area (Å²) in [5.41, 5.74) is 3.38. The van der Waals surface area contributed by atoms with Gasteiger partial charge in [-0.1, -0.05) is 66.0 Å². The molecule has 2 heterocycles. The Morgan fingerprint density at radius 1 is 1.03 bits per heavy atom. The SMILES string of the molecule is Cc1ccc(N2CCCC(C(=O)N(Cc3nc(-c4ccccc4)no3)C3CCCC3)C2)cc1. The van der Waals surface area contributed by atoms with Crippen LogP contribution in [0.5, 0.6) is 0 Å². The number of rotatable bonds is 6. The van der Waals surface area contributed by atoms with Crippen molar-refractivity contribution >= 4 is 11.6 Å². The number of benzene rings is 2. The third kappa shape index (κ3) is 4.95. The monoisotopic (exact) mass is 444 g/mol. The van der Waals surface area contributed by atoms with E-state index in [9.17, 15) is 4.79 Å². The lowest BCUT2D eigenvalue weighted by molar-refractivity contribution is -0.139. The zero-order valence-corrected chi connectivity index (χ0v) is 19.3. The first-order valence-electron chi connectivity index (χ1n) is 12.2. The molecule has 6 nitrogen and oxygen atoms in total. The number of nitrogens with zero attached hydrogens (tertiary/aromatic N) is 4. The van der Waals surface area contributed by atoms with Gasteiger partial charge in [-0.15, -0.1) is 0 Å². The number of hydrogen-bond donors (Lipinski definition) is 0. The van der Waals surface area contributed by atoms with Gasteiger partial charge in [-0.2, -0.15) is 4.98 Å². The maximum atomic E-state index is 13.8. The number of piperidine rings is 1. The summed E-state index contributed by atoms with van der Waals surface area (Å²) < 4.78 is 5.58. The Morgan fingerprint density at radius 2 is 1.79 bits per heavy atom. The average molecular weight is 445 g/mol. The summed E-state index contributed by atoms with van der Waals surface area (Å²) in [7, 11) is 0. The van der Waals surface area contributed by atoms with Crippen molar-refractivity contribution in [2.45, 2.75) is 58.0 Å². The summed E-state index contributed by atoms with van der Waals surface area (Å²) in [6, 6.07) is 18.7. The summed E-state index contributed by atoms with van der Waals surface area (Å²) >= 11 is 0. The first-order valence-corrected chi connectivity index (χ1v) is 12.2. The highest BCUT2D eigenvalue weighted by molar-refractivity contribution is 5.80. The highest BCUT2D eigenvalue weighted by atomic mass is 16.5. The fourth-order valence-corrected chi connectivity index (χ4v) is 5.18. The van der Waals surface area contributed by atoms with Crippen molar-refractivity contribution in [2.75, 3.05) is 18.0 Å². The Hall–Kier alpha value is -3.15. The summed E-state index contributed by atoms with van der Waals surface area (Å²) in [6.45, 7) is 4.27. The molecule has 172 valence electrons. The molecule has 1 aliphatic carbocycles. The Bertz CT molecular complexity index is 1060. The molecule has 1 atom stereocenters. The van der Waals surface area contributed by atoms with Crippen LogP contribution in [0.15, 0.2) is 59.1 Å². The minimum atomic E-state index is -0.00262. The maximum Gasteiger partial charge on any atom is 0.246 e. The van der Waals surface area contributed by atoms with Gasteiger partial charge in [-0.05, 0) is 44.7 Å². The zero-order valence-electron chi connectivity index (χ0n) is 19.3. The topological polar surface area (TPSA) is 62.5 Å². The second-order valence-corrected chi connectivity index (χ2v) is 9.40. The van der Waals surface area contributed by atoms with E-state index in [0.717, 1.165) is 44.3 Å². The minimum absolute atomic E-state index is 0.00262. The van der Waals surface area contributed by atoms with Crippen LogP contribution in [0.4, 0.5) is 5.69 Å². The summed E-state index contributed by atoms with van der Waals surface area (Å²) in [5.74, 6) is 1.32. The molecule has 1 saturated heterocycles. The molecule has 0 N–H and O–H groups in total. The second-order valence-electron chi connectivity index (χ2n) is 9.40. The van der Waals surface area contributed by atoms with Crippen LogP contribution in [0, 0.1) is 12.8 Å². The van der Waals surface area contributed by atoms with Crippen molar-refractivity contribution in [1.29, 1.82) is 0 Å². The largest absolute Gasteiger partial charge is 0.371 e. The van der Waals surface area contributed by atoms with E-state index in [0.29, 0.717) is 18.3 Å². The molecule has 5 rings (SSSR count). The number of amides is 1. The molecule has 1 unspecified atom stereocenters. The minimum Gasteiger partial charge on any atom is -0.371 e. The number of aryl methyl sites for hydroxylation is 1. The van der Waals surface area contributed by atoms with E-state index in [-0.39, 0.29) is 17.9 Å². The van der Waals surface area contributed by atoms with Gasteiger partial charge >= 0.3 is 0 Å². The normalized spacial score (nSPS) is 19.1. The van der Waals surface area contributed by atoms with Crippen LogP contribution in [0.3, 0.4) is 0 Å². The molecule has 2 aromatic carbocycles. The molecular formula is C27H32N4O2. The Balaban J connectivity index is 1.32. The van der Waals surface area contributed by atoms with Crippen molar-refractivity contribution < 1.29 is 9.32 Å². The van der Waals surface area contributed by atoms with Gasteiger partial charge in [-0.3, -0.25) is 4.79 Å². The van der Waals surface area contributed by atoms with Crippen LogP contribution < -0.4 is 4.90 Å². The van der Waals surface area contributed by atoms with Crippen LogP contribution >= 0.6 is 0 Å². The van der Waals surface area contributed by atoms with Crippen molar-refractivity contribution in [1.82, 2.24) is 15.0 Å². The Kier molecular flexibility index (Phi) is 6.42. The molecule has 0 bridgehead atoms. The van der Waals surface area contributed by atoms with Gasteiger partial charge in [0.2, 0.25) is 17.6 Å². The highest BCUT2D eigenvalue weighted by Crippen LogP contribution is 2.30. The van der Waals surface area contributed by atoms with E-state index in [2.05, 4.69) is 46.2 Å². The molecule has 3 aromatic rings. The molecule has 2 fully saturated rings. The number of anilines is 1. The van der Waals surface area contributed by atoms with Crippen molar-refractivity contribution in [3.8, 4) is 11.4 Å². The third-order valence-corrected chi connectivity index (χ3v) is 7.02. The van der Waals surface area contributed by atoms with Crippen LogP contribution in [-0.2, 0) is 11.3 Å². The van der Waals surface area contributed by atoms with Gasteiger partial charge in [-0.25, -0.2) is 0 Å². The van der Waals surface area contributed by atoms with E-state index >= 15 is 0 Å². The number of carbonyl (C=O) groups excluding carboxylic acids is 1. The summed E-state index contributed by atoms with van der Waals surface area (Å²) in [5, 5.41) is 4.16. The van der Waals surface area contributed by atoms with Gasteiger partial charge in [0.15, 0.2) is 0 Å². The quantitative estimate of drug-likeness (QED) is 0.521. The van der Waals surface area contributed by atoms with E-state index in [1.807, 2.05) is 35.2 Å². The van der Waals surface area contributed by atoms with E-state index < -0.39 is 0 Å². The van der Waals surface area contributed by atoms with Crippen molar-refractivity contribution in [3.63, 3.8) is 0 Å². The van der Waals surface area contributed by atoms with Gasteiger partial charge in [0.25, 0.3) is 0 Å². The molecule has 6 heteroatoms. The molecule has 1 amide bonds. The second kappa shape index (κ2) is 9.77. The van der Waals surface area contributed by atoms with Crippen LogP contribution in [-0.4, -0.2) is 40.1 Å². The van der Waals surface area contributed by atoms with Crippen molar-refractivity contribution in [2.24, 2.45) is 5.92 Å². The zero-order chi connectivity index (χ0) is 22.6. The van der Waals surface area contributed by atoms with Crippen molar-refractivity contribution in [3.05, 3.63) is 66.1 Å².